The van der Waals surface area contributed by atoms with Crippen molar-refractivity contribution in [1.82, 2.24) is 0 Å². The third kappa shape index (κ3) is 4.88. The first-order valence-electron chi connectivity index (χ1n) is 6.49. The van der Waals surface area contributed by atoms with Crippen molar-refractivity contribution in [1.29, 1.82) is 0 Å². The maximum atomic E-state index is 4.41. The van der Waals surface area contributed by atoms with Crippen LogP contribution in [0.3, 0.4) is 0 Å². The highest BCUT2D eigenvalue weighted by molar-refractivity contribution is 7.83. The molecule has 0 aliphatic carbocycles. The first-order chi connectivity index (χ1) is 10.2. The number of rotatable bonds is 1. The van der Waals surface area contributed by atoms with Gasteiger partial charge in [0.15, 0.2) is 0 Å². The molecule has 0 fully saturated rings. The van der Waals surface area contributed by atoms with Crippen molar-refractivity contribution in [3.63, 3.8) is 0 Å². The average molecular weight is 329 g/mol. The summed E-state index contributed by atoms with van der Waals surface area (Å²) in [6.45, 7) is 0. The summed E-state index contributed by atoms with van der Waals surface area (Å²) in [5, 5.41) is 0. The maximum Gasteiger partial charge on any atom is 0.0174 e. The van der Waals surface area contributed by atoms with Gasteiger partial charge in [0.25, 0.3) is 0 Å². The molecule has 0 saturated carbocycles. The molecule has 0 unspecified atom stereocenters. The van der Waals surface area contributed by atoms with E-state index in [2.05, 4.69) is 56.1 Å². The Morgan fingerprint density at radius 2 is 0.857 bits per heavy atom. The summed E-state index contributed by atoms with van der Waals surface area (Å²) >= 11 is 12.7. The number of benzene rings is 3. The Labute approximate surface area is 142 Å². The molecule has 0 atom stereocenters. The molecule has 0 aliphatic heterocycles. The van der Waals surface area contributed by atoms with Crippen molar-refractivity contribution in [2.24, 2.45) is 0 Å². The van der Waals surface area contributed by atoms with Crippen molar-refractivity contribution in [2.75, 3.05) is 0 Å². The van der Waals surface area contributed by atoms with Gasteiger partial charge in [-0.25, -0.2) is 0 Å². The Morgan fingerprint density at radius 1 is 0.429 bits per heavy atom. The van der Waals surface area contributed by atoms with E-state index in [1.165, 1.54) is 11.1 Å². The zero-order valence-corrected chi connectivity index (χ0v) is 14.0. The van der Waals surface area contributed by atoms with Crippen LogP contribution < -0.4 is 0 Å². The zero-order chi connectivity index (χ0) is 15.1. The fourth-order valence-corrected chi connectivity index (χ4v) is 2.41. The monoisotopic (exact) mass is 328 g/mol. The number of thiol groups is 3. The first kappa shape index (κ1) is 16.1. The minimum atomic E-state index is 0.927. The largest absolute Gasteiger partial charge is 0.143 e. The molecule has 3 aromatic carbocycles. The van der Waals surface area contributed by atoms with Crippen molar-refractivity contribution in [2.45, 2.75) is 14.7 Å². The lowest BCUT2D eigenvalue weighted by atomic mass is 10.1. The molecule has 0 aliphatic rings. The fraction of sp³-hybridized carbons (Fsp3) is 0. The van der Waals surface area contributed by atoms with Gasteiger partial charge in [-0.2, -0.15) is 0 Å². The molecule has 0 spiro atoms. The normalized spacial score (nSPS) is 9.67. The van der Waals surface area contributed by atoms with Gasteiger partial charge in [0.2, 0.25) is 0 Å². The van der Waals surface area contributed by atoms with Crippen LogP contribution in [0.4, 0.5) is 0 Å². The van der Waals surface area contributed by atoms with Crippen molar-refractivity contribution in [3.8, 4) is 11.1 Å². The second kappa shape index (κ2) is 8.23. The molecule has 21 heavy (non-hydrogen) atoms. The predicted octanol–water partition coefficient (Wildman–Crippen LogP) is 5.91. The average Bonchev–Trinajstić information content (AvgIpc) is 2.52. The van der Waals surface area contributed by atoms with Gasteiger partial charge in [-0.1, -0.05) is 60.7 Å². The van der Waals surface area contributed by atoms with E-state index >= 15 is 0 Å². The predicted molar refractivity (Wildman–Crippen MR) is 100 cm³/mol. The summed E-state index contributed by atoms with van der Waals surface area (Å²) in [4.78, 5) is 2.88. The van der Waals surface area contributed by atoms with Crippen LogP contribution in [0.2, 0.25) is 0 Å². The summed E-state index contributed by atoms with van der Waals surface area (Å²) in [6, 6.07) is 26.1. The van der Waals surface area contributed by atoms with Gasteiger partial charge in [0, 0.05) is 14.7 Å². The molecular formula is C18H16S3. The zero-order valence-electron chi connectivity index (χ0n) is 11.3. The van der Waals surface area contributed by atoms with Gasteiger partial charge < -0.3 is 0 Å². The quantitative estimate of drug-likeness (QED) is 0.455. The van der Waals surface area contributed by atoms with Crippen LogP contribution in [0, 0.1) is 0 Å². The molecule has 3 heteroatoms. The first-order valence-corrected chi connectivity index (χ1v) is 7.83. The Bertz CT molecular complexity index is 673. The maximum absolute atomic E-state index is 4.41. The highest BCUT2D eigenvalue weighted by Gasteiger charge is 1.98. The SMILES string of the molecule is Sc1ccccc1-c1ccccc1.Sc1ccccc1S. The van der Waals surface area contributed by atoms with E-state index in [1.807, 2.05) is 60.7 Å². The summed E-state index contributed by atoms with van der Waals surface area (Å²) in [6.07, 6.45) is 0. The molecule has 106 valence electrons. The Hall–Kier alpha value is -1.29. The molecule has 0 aromatic heterocycles. The second-order valence-corrected chi connectivity index (χ2v) is 5.82. The smallest absolute Gasteiger partial charge is 0.0174 e. The lowest BCUT2D eigenvalue weighted by molar-refractivity contribution is 1.27. The third-order valence-corrected chi connectivity index (χ3v) is 4.22. The van der Waals surface area contributed by atoms with Gasteiger partial charge in [0.1, 0.15) is 0 Å². The summed E-state index contributed by atoms with van der Waals surface area (Å²) in [7, 11) is 0. The van der Waals surface area contributed by atoms with Crippen LogP contribution in [0.15, 0.2) is 93.5 Å². The molecule has 3 aromatic rings. The lowest BCUT2D eigenvalue weighted by Crippen LogP contribution is -1.77. The van der Waals surface area contributed by atoms with Crippen LogP contribution >= 0.6 is 37.9 Å². The highest BCUT2D eigenvalue weighted by Crippen LogP contribution is 2.25. The van der Waals surface area contributed by atoms with E-state index in [0.717, 1.165) is 14.7 Å². The highest BCUT2D eigenvalue weighted by atomic mass is 32.1. The molecule has 0 bridgehead atoms. The molecule has 0 radical (unpaired) electrons. The van der Waals surface area contributed by atoms with Gasteiger partial charge in [0.05, 0.1) is 0 Å². The topological polar surface area (TPSA) is 0 Å². The molecule has 0 saturated heterocycles. The van der Waals surface area contributed by atoms with Crippen LogP contribution in [-0.4, -0.2) is 0 Å². The lowest BCUT2D eigenvalue weighted by Gasteiger charge is -2.03. The standard InChI is InChI=1S/C12H10S.C6H6S2/c13-12-9-5-4-8-11(12)10-6-2-1-3-7-10;7-5-3-1-2-4-6(5)8/h1-9,13H;1-4,7-8H. The fourth-order valence-electron chi connectivity index (χ4n) is 1.80. The second-order valence-electron chi connectivity index (χ2n) is 4.37. The van der Waals surface area contributed by atoms with Gasteiger partial charge in [-0.3, -0.25) is 0 Å². The number of hydrogen-bond acceptors (Lipinski definition) is 3. The molecule has 3 rings (SSSR count). The van der Waals surface area contributed by atoms with Crippen molar-refractivity contribution in [3.05, 3.63) is 78.9 Å². The molecule has 0 amide bonds. The van der Waals surface area contributed by atoms with Crippen molar-refractivity contribution < 1.29 is 0 Å². The Balaban J connectivity index is 0.000000173. The molecule has 0 N–H and O–H groups in total. The van der Waals surface area contributed by atoms with Crippen LogP contribution in [-0.2, 0) is 0 Å². The van der Waals surface area contributed by atoms with E-state index in [0.29, 0.717) is 0 Å². The molecular weight excluding hydrogens is 312 g/mol. The van der Waals surface area contributed by atoms with Gasteiger partial charge in [-0.15, -0.1) is 37.9 Å². The molecule has 0 heterocycles. The summed E-state index contributed by atoms with van der Waals surface area (Å²) in [5.74, 6) is 0. The third-order valence-electron chi connectivity index (χ3n) is 2.87. The Morgan fingerprint density at radius 3 is 1.33 bits per heavy atom. The Kier molecular flexibility index (Phi) is 6.30. The van der Waals surface area contributed by atoms with E-state index in [4.69, 9.17) is 0 Å². The summed E-state index contributed by atoms with van der Waals surface area (Å²) < 4.78 is 0. The van der Waals surface area contributed by atoms with E-state index in [-0.39, 0.29) is 0 Å². The van der Waals surface area contributed by atoms with Crippen LogP contribution in [0.5, 0.6) is 0 Å². The number of hydrogen-bond donors (Lipinski definition) is 3. The minimum absolute atomic E-state index is 0.927. The van der Waals surface area contributed by atoms with E-state index in [1.54, 1.807) is 0 Å². The van der Waals surface area contributed by atoms with Gasteiger partial charge in [-0.05, 0) is 29.3 Å². The van der Waals surface area contributed by atoms with E-state index in [9.17, 15) is 0 Å². The summed E-state index contributed by atoms with van der Waals surface area (Å²) in [5.41, 5.74) is 2.40. The van der Waals surface area contributed by atoms with Crippen LogP contribution in [0.25, 0.3) is 11.1 Å². The van der Waals surface area contributed by atoms with Crippen molar-refractivity contribution >= 4 is 37.9 Å². The minimum Gasteiger partial charge on any atom is -0.143 e. The molecule has 0 nitrogen and oxygen atoms in total. The van der Waals surface area contributed by atoms with Crippen LogP contribution in [0.1, 0.15) is 0 Å². The van der Waals surface area contributed by atoms with Gasteiger partial charge >= 0.3 is 0 Å². The van der Waals surface area contributed by atoms with E-state index < -0.39 is 0 Å².